The number of nitrogens with zero attached hydrogens (tertiary/aromatic N) is 3. The van der Waals surface area contributed by atoms with Crippen LogP contribution in [-0.2, 0) is 0 Å². The second-order valence-corrected chi connectivity index (χ2v) is 14.5. The molecule has 1 unspecified atom stereocenters. The van der Waals surface area contributed by atoms with E-state index in [4.69, 9.17) is 9.98 Å². The average molecular weight is 730 g/mol. The number of hydrogen-bond acceptors (Lipinski definition) is 2. The van der Waals surface area contributed by atoms with E-state index in [2.05, 4.69) is 180 Å². The number of pyridine rings is 1. The van der Waals surface area contributed by atoms with Crippen LogP contribution in [0, 0.1) is 0 Å². The average Bonchev–Trinajstić information content (AvgIpc) is 3.78. The van der Waals surface area contributed by atoms with Gasteiger partial charge in [-0.05, 0) is 100.0 Å². The molecular formula is C54H39N3. The Labute approximate surface area is 333 Å². The molecule has 0 bridgehead atoms. The van der Waals surface area contributed by atoms with Crippen LogP contribution in [0.5, 0.6) is 0 Å². The molecule has 10 rings (SSSR count). The van der Waals surface area contributed by atoms with Gasteiger partial charge < -0.3 is 4.57 Å². The number of rotatable bonds is 8. The van der Waals surface area contributed by atoms with Crippen molar-refractivity contribution >= 4 is 28.0 Å². The zero-order valence-electron chi connectivity index (χ0n) is 31.6. The molecule has 2 heterocycles. The van der Waals surface area contributed by atoms with Crippen LogP contribution >= 0.6 is 0 Å². The minimum Gasteiger partial charge on any atom is -0.309 e. The van der Waals surface area contributed by atoms with E-state index in [-0.39, 0.29) is 6.04 Å². The molecule has 0 aliphatic heterocycles. The molecule has 7 aromatic carbocycles. The Bertz CT molecular complexity index is 2960. The van der Waals surface area contributed by atoms with E-state index in [1.165, 1.54) is 55.2 Å². The van der Waals surface area contributed by atoms with Crippen molar-refractivity contribution in [1.29, 1.82) is 0 Å². The van der Waals surface area contributed by atoms with Crippen LogP contribution in [0.25, 0.3) is 83.4 Å². The van der Waals surface area contributed by atoms with Crippen molar-refractivity contribution in [3.8, 4) is 61.6 Å². The number of para-hydroxylation sites is 1. The van der Waals surface area contributed by atoms with Gasteiger partial charge in [-0.25, -0.2) is 4.98 Å². The molecule has 3 nitrogen and oxygen atoms in total. The smallest absolute Gasteiger partial charge is 0.101 e. The quantitative estimate of drug-likeness (QED) is 0.113. The van der Waals surface area contributed by atoms with Crippen LogP contribution in [0.15, 0.2) is 211 Å². The number of aliphatic imine (C=N–C) groups is 1. The van der Waals surface area contributed by atoms with Gasteiger partial charge in [-0.1, -0.05) is 158 Å². The van der Waals surface area contributed by atoms with Crippen LogP contribution in [-0.4, -0.2) is 15.8 Å². The lowest BCUT2D eigenvalue weighted by Crippen LogP contribution is -1.96. The first-order valence-electron chi connectivity index (χ1n) is 19.6. The maximum absolute atomic E-state index is 5.26. The fourth-order valence-corrected chi connectivity index (χ4v) is 8.35. The van der Waals surface area contributed by atoms with E-state index in [1.54, 1.807) is 0 Å². The van der Waals surface area contributed by atoms with Crippen LogP contribution in [0.2, 0.25) is 0 Å². The third-order valence-electron chi connectivity index (χ3n) is 11.0. The third kappa shape index (κ3) is 6.30. The minimum absolute atomic E-state index is 0.0549. The first-order valence-corrected chi connectivity index (χ1v) is 19.6. The zero-order chi connectivity index (χ0) is 38.1. The molecule has 57 heavy (non-hydrogen) atoms. The summed E-state index contributed by atoms with van der Waals surface area (Å²) in [5.41, 5.74) is 17.1. The summed E-state index contributed by atoms with van der Waals surface area (Å²) in [6, 6.07) is 65.4. The number of allylic oxidation sites excluding steroid dienone is 4. The van der Waals surface area contributed by atoms with Crippen molar-refractivity contribution in [3.05, 3.63) is 217 Å². The van der Waals surface area contributed by atoms with E-state index < -0.39 is 0 Å². The SMILES string of the molecule is C/C=C\C=C/C=NC1c2ccccc2-c2ccc(-c3ccc4c5ccccc5n(-c5cccc(-c6cc(-c7ccccc7)cc(-c7ccccc7)n6)c5)c4c3)cc21. The highest BCUT2D eigenvalue weighted by atomic mass is 15.0. The summed E-state index contributed by atoms with van der Waals surface area (Å²) in [5, 5.41) is 2.45. The molecule has 0 spiro atoms. The topological polar surface area (TPSA) is 30.2 Å². The van der Waals surface area contributed by atoms with Gasteiger partial charge in [0.2, 0.25) is 0 Å². The van der Waals surface area contributed by atoms with Crippen molar-refractivity contribution in [3.63, 3.8) is 0 Å². The fourth-order valence-electron chi connectivity index (χ4n) is 8.35. The predicted molar refractivity (Wildman–Crippen MR) is 240 cm³/mol. The van der Waals surface area contributed by atoms with E-state index in [0.717, 1.165) is 39.3 Å². The van der Waals surface area contributed by atoms with E-state index in [0.29, 0.717) is 0 Å². The lowest BCUT2D eigenvalue weighted by molar-refractivity contribution is 0.909. The second-order valence-electron chi connectivity index (χ2n) is 14.5. The highest BCUT2D eigenvalue weighted by Gasteiger charge is 2.28. The van der Waals surface area contributed by atoms with Crippen molar-refractivity contribution in [2.45, 2.75) is 13.0 Å². The van der Waals surface area contributed by atoms with Gasteiger partial charge in [0.1, 0.15) is 6.04 Å². The predicted octanol–water partition coefficient (Wildman–Crippen LogP) is 14.1. The van der Waals surface area contributed by atoms with Gasteiger partial charge in [-0.2, -0.15) is 0 Å². The Morgan fingerprint density at radius 1 is 0.456 bits per heavy atom. The lowest BCUT2D eigenvalue weighted by Gasteiger charge is -2.13. The normalized spacial score (nSPS) is 13.7. The number of aromatic nitrogens is 2. The van der Waals surface area contributed by atoms with Gasteiger partial charge in [-0.3, -0.25) is 4.99 Å². The van der Waals surface area contributed by atoms with Crippen LogP contribution in [0.1, 0.15) is 24.1 Å². The van der Waals surface area contributed by atoms with Gasteiger partial charge >= 0.3 is 0 Å². The Hall–Kier alpha value is -7.36. The van der Waals surface area contributed by atoms with Gasteiger partial charge in [-0.15, -0.1) is 0 Å². The van der Waals surface area contributed by atoms with Crippen molar-refractivity contribution in [2.24, 2.45) is 4.99 Å². The Kier molecular flexibility index (Phi) is 8.81. The Balaban J connectivity index is 1.10. The molecule has 0 amide bonds. The minimum atomic E-state index is -0.0549. The van der Waals surface area contributed by atoms with Gasteiger partial charge in [0.25, 0.3) is 0 Å². The molecule has 1 aliphatic rings. The summed E-state index contributed by atoms with van der Waals surface area (Å²) in [4.78, 5) is 10.3. The van der Waals surface area contributed by atoms with Gasteiger partial charge in [0.05, 0.1) is 22.4 Å². The summed E-state index contributed by atoms with van der Waals surface area (Å²) in [5.74, 6) is 0. The third-order valence-corrected chi connectivity index (χ3v) is 11.0. The Morgan fingerprint density at radius 2 is 1.12 bits per heavy atom. The van der Waals surface area contributed by atoms with Gasteiger partial charge in [0, 0.05) is 33.8 Å². The molecule has 0 fully saturated rings. The summed E-state index contributed by atoms with van der Waals surface area (Å²) in [6.45, 7) is 2.02. The number of benzene rings is 7. The van der Waals surface area contributed by atoms with E-state index >= 15 is 0 Å². The summed E-state index contributed by atoms with van der Waals surface area (Å²) < 4.78 is 2.41. The molecule has 1 atom stereocenters. The molecule has 3 heteroatoms. The standard InChI is InChI=1S/C54H39N3/c1-2-3-4-15-31-55-54-48-25-12-11-23-44(48)45-29-27-39(33-49(45)54)40-28-30-47-46-24-13-14-26-52(46)57(53(47)36-40)43-22-16-21-41(32-43)51-35-42(37-17-7-5-8-18-37)34-50(56-51)38-19-9-6-10-20-38/h2-36,54H,1H3/b3-2-,15-4-,55-31?. The van der Waals surface area contributed by atoms with E-state index in [1.807, 2.05) is 43.5 Å². The first kappa shape index (κ1) is 34.2. The summed E-state index contributed by atoms with van der Waals surface area (Å²) >= 11 is 0. The van der Waals surface area contributed by atoms with E-state index in [9.17, 15) is 0 Å². The number of fused-ring (bicyclic) bond motifs is 6. The number of hydrogen-bond donors (Lipinski definition) is 0. The monoisotopic (exact) mass is 729 g/mol. The molecule has 0 saturated carbocycles. The van der Waals surface area contributed by atoms with Crippen molar-refractivity contribution in [2.75, 3.05) is 0 Å². The van der Waals surface area contributed by atoms with Crippen molar-refractivity contribution in [1.82, 2.24) is 9.55 Å². The second kappa shape index (κ2) is 14.7. The maximum Gasteiger partial charge on any atom is 0.101 e. The molecule has 2 aromatic heterocycles. The summed E-state index contributed by atoms with van der Waals surface area (Å²) in [7, 11) is 0. The van der Waals surface area contributed by atoms with Crippen LogP contribution in [0.3, 0.4) is 0 Å². The summed E-state index contributed by atoms with van der Waals surface area (Å²) in [6.07, 6.45) is 10.00. The molecule has 9 aromatic rings. The highest BCUT2D eigenvalue weighted by Crippen LogP contribution is 2.47. The van der Waals surface area contributed by atoms with Crippen LogP contribution in [0.4, 0.5) is 0 Å². The molecule has 0 N–H and O–H groups in total. The first-order chi connectivity index (χ1) is 28.2. The van der Waals surface area contributed by atoms with Crippen molar-refractivity contribution < 1.29 is 0 Å². The molecule has 1 aliphatic carbocycles. The zero-order valence-corrected chi connectivity index (χ0v) is 31.6. The Morgan fingerprint density at radius 3 is 1.96 bits per heavy atom. The molecule has 0 radical (unpaired) electrons. The largest absolute Gasteiger partial charge is 0.309 e. The highest BCUT2D eigenvalue weighted by molar-refractivity contribution is 6.10. The molecule has 270 valence electrons. The maximum atomic E-state index is 5.26. The van der Waals surface area contributed by atoms with Gasteiger partial charge in [0.15, 0.2) is 0 Å². The molecule has 0 saturated heterocycles. The van der Waals surface area contributed by atoms with Crippen LogP contribution < -0.4 is 0 Å². The fraction of sp³-hybridized carbons (Fsp3) is 0.0370. The molecular weight excluding hydrogens is 691 g/mol. The lowest BCUT2D eigenvalue weighted by atomic mass is 9.97.